The number of fused-ring (bicyclic) bond motifs is 1. The van der Waals surface area contributed by atoms with E-state index < -0.39 is 0 Å². The van der Waals surface area contributed by atoms with Gasteiger partial charge in [-0.1, -0.05) is 36.4 Å². The van der Waals surface area contributed by atoms with Gasteiger partial charge >= 0.3 is 0 Å². The second-order valence-electron chi connectivity index (χ2n) is 5.89. The molecule has 0 fully saturated rings. The second kappa shape index (κ2) is 7.41. The average molecular weight is 365 g/mol. The summed E-state index contributed by atoms with van der Waals surface area (Å²) in [5, 5.41) is 27.8. The number of aromatic amines is 1. The van der Waals surface area contributed by atoms with E-state index in [9.17, 15) is 5.11 Å². The van der Waals surface area contributed by atoms with Crippen LogP contribution in [0.2, 0.25) is 0 Å². The lowest BCUT2D eigenvalue weighted by Crippen LogP contribution is -2.01. The van der Waals surface area contributed by atoms with Gasteiger partial charge in [0, 0.05) is 11.5 Å². The van der Waals surface area contributed by atoms with Crippen molar-refractivity contribution in [2.24, 2.45) is 0 Å². The molecule has 1 heterocycles. The van der Waals surface area contributed by atoms with E-state index in [-0.39, 0.29) is 5.76 Å². The van der Waals surface area contributed by atoms with Crippen LogP contribution in [0, 0.1) is 11.7 Å². The van der Waals surface area contributed by atoms with Gasteiger partial charge in [-0.2, -0.15) is 5.10 Å². The molecule has 0 saturated carbocycles. The van der Waals surface area contributed by atoms with Gasteiger partial charge < -0.3 is 10.2 Å². The van der Waals surface area contributed by atoms with Crippen molar-refractivity contribution >= 4 is 28.6 Å². The molecule has 0 unspecified atom stereocenters. The largest absolute Gasteiger partial charge is 0.515 e. The predicted molar refractivity (Wildman–Crippen MR) is 107 cm³/mol. The number of nitrogens with one attached hydrogen (secondary N) is 1. The minimum atomic E-state index is -0.0617. The van der Waals surface area contributed by atoms with Gasteiger partial charge in [0.05, 0.1) is 11.9 Å². The Labute approximate surface area is 156 Å². The highest BCUT2D eigenvalue weighted by atomic mass is 32.1. The fourth-order valence-electron chi connectivity index (χ4n) is 2.85. The summed E-state index contributed by atoms with van der Waals surface area (Å²) in [7, 11) is 0. The number of nitrogens with zero attached hydrogens (tertiary/aromatic N) is 2. The number of aliphatic hydroxyl groups is 2. The summed E-state index contributed by atoms with van der Waals surface area (Å²) in [6, 6.07) is 12.3. The summed E-state index contributed by atoms with van der Waals surface area (Å²) in [4.78, 5) is 0. The summed E-state index contributed by atoms with van der Waals surface area (Å²) in [5.74, 6) is 0.592. The fourth-order valence-corrected chi connectivity index (χ4v) is 3.08. The quantitative estimate of drug-likeness (QED) is 0.333. The predicted octanol–water partition coefficient (Wildman–Crippen LogP) is 5.31. The number of benzene rings is 2. The van der Waals surface area contributed by atoms with Crippen LogP contribution in [0.4, 0.5) is 0 Å². The van der Waals surface area contributed by atoms with Crippen LogP contribution in [0.3, 0.4) is 0 Å². The molecule has 0 amide bonds. The van der Waals surface area contributed by atoms with Crippen molar-refractivity contribution < 1.29 is 10.2 Å². The standard InChI is InChI=1S/C20H19N3O2S/c1-13-5-3-7-17-16(13)6-4-8-18(17)23-19(21-22-20(23)26)14(2)9-10-15(25)11-12-24/h3-12,24-25H,1-2H3,(H,22,26)/b12-11+,14-9+,15-10+. The maximum Gasteiger partial charge on any atom is 0.200 e. The summed E-state index contributed by atoms with van der Waals surface area (Å²) >= 11 is 5.46. The first-order chi connectivity index (χ1) is 12.5. The Bertz CT molecular complexity index is 1100. The van der Waals surface area contributed by atoms with Crippen LogP contribution in [0.25, 0.3) is 22.0 Å². The van der Waals surface area contributed by atoms with E-state index >= 15 is 0 Å². The molecule has 5 nitrogen and oxygen atoms in total. The van der Waals surface area contributed by atoms with Gasteiger partial charge in [-0.25, -0.2) is 0 Å². The molecule has 3 N–H and O–H groups in total. The fraction of sp³-hybridized carbons (Fsp3) is 0.100. The van der Waals surface area contributed by atoms with E-state index in [1.54, 1.807) is 6.08 Å². The molecule has 0 saturated heterocycles. The minimum Gasteiger partial charge on any atom is -0.515 e. The minimum absolute atomic E-state index is 0.0617. The highest BCUT2D eigenvalue weighted by molar-refractivity contribution is 7.71. The summed E-state index contributed by atoms with van der Waals surface area (Å²) in [6.07, 6.45) is 5.17. The van der Waals surface area contributed by atoms with Gasteiger partial charge in [0.1, 0.15) is 5.76 Å². The highest BCUT2D eigenvalue weighted by Crippen LogP contribution is 2.27. The monoisotopic (exact) mass is 365 g/mol. The molecule has 6 heteroatoms. The zero-order valence-corrected chi connectivity index (χ0v) is 15.3. The molecule has 26 heavy (non-hydrogen) atoms. The van der Waals surface area contributed by atoms with Crippen molar-refractivity contribution in [2.45, 2.75) is 13.8 Å². The Morgan fingerprint density at radius 3 is 2.65 bits per heavy atom. The molecule has 1 aromatic heterocycles. The lowest BCUT2D eigenvalue weighted by molar-refractivity contribution is 0.420. The number of aryl methyl sites for hydroxylation is 1. The Morgan fingerprint density at radius 2 is 1.88 bits per heavy atom. The van der Waals surface area contributed by atoms with Crippen LogP contribution in [-0.4, -0.2) is 25.0 Å². The van der Waals surface area contributed by atoms with Gasteiger partial charge in [0.25, 0.3) is 0 Å². The molecule has 0 bridgehead atoms. The van der Waals surface area contributed by atoms with E-state index in [0.717, 1.165) is 28.3 Å². The van der Waals surface area contributed by atoms with Crippen molar-refractivity contribution in [1.82, 2.24) is 14.8 Å². The van der Waals surface area contributed by atoms with E-state index in [4.69, 9.17) is 17.3 Å². The molecule has 0 aliphatic rings. The van der Waals surface area contributed by atoms with Gasteiger partial charge in [0.15, 0.2) is 10.6 Å². The van der Waals surface area contributed by atoms with Crippen LogP contribution >= 0.6 is 12.2 Å². The van der Waals surface area contributed by atoms with Crippen LogP contribution in [0.15, 0.2) is 66.6 Å². The summed E-state index contributed by atoms with van der Waals surface area (Å²) in [5.41, 5.74) is 2.94. The molecule has 0 atom stereocenters. The zero-order chi connectivity index (χ0) is 18.7. The molecule has 0 aliphatic carbocycles. The zero-order valence-electron chi connectivity index (χ0n) is 14.5. The first-order valence-electron chi connectivity index (χ1n) is 8.07. The Hall–Kier alpha value is -3.12. The van der Waals surface area contributed by atoms with Crippen molar-refractivity contribution in [3.63, 3.8) is 0 Å². The van der Waals surface area contributed by atoms with Crippen LogP contribution in [0.5, 0.6) is 0 Å². The number of H-pyrrole nitrogens is 1. The van der Waals surface area contributed by atoms with Gasteiger partial charge in [-0.15, -0.1) is 0 Å². The number of hydrogen-bond acceptors (Lipinski definition) is 4. The molecule has 0 radical (unpaired) electrons. The van der Waals surface area contributed by atoms with Crippen LogP contribution < -0.4 is 0 Å². The molecule has 0 aliphatic heterocycles. The molecular weight excluding hydrogens is 346 g/mol. The lowest BCUT2D eigenvalue weighted by Gasteiger charge is -2.11. The second-order valence-corrected chi connectivity index (χ2v) is 6.28. The normalized spacial score (nSPS) is 13.0. The first kappa shape index (κ1) is 17.7. The Balaban J connectivity index is 2.19. The number of aromatic nitrogens is 3. The van der Waals surface area contributed by atoms with E-state index in [0.29, 0.717) is 10.6 Å². The molecule has 3 aromatic rings. The first-order valence-corrected chi connectivity index (χ1v) is 8.48. The van der Waals surface area contributed by atoms with Crippen molar-refractivity contribution in [3.8, 4) is 5.69 Å². The van der Waals surface area contributed by atoms with E-state index in [2.05, 4.69) is 35.3 Å². The van der Waals surface area contributed by atoms with Gasteiger partial charge in [0.2, 0.25) is 0 Å². The van der Waals surface area contributed by atoms with E-state index in [1.807, 2.05) is 29.7 Å². The van der Waals surface area contributed by atoms with Crippen LogP contribution in [-0.2, 0) is 0 Å². The number of allylic oxidation sites excluding steroid dienone is 4. The molecule has 3 rings (SSSR count). The van der Waals surface area contributed by atoms with Crippen molar-refractivity contribution in [2.75, 3.05) is 0 Å². The third-order valence-corrected chi connectivity index (χ3v) is 4.41. The number of aliphatic hydroxyl groups excluding tert-OH is 2. The Kier molecular flexibility index (Phi) is 5.04. The topological polar surface area (TPSA) is 74.1 Å². The molecule has 132 valence electrons. The molecule has 2 aromatic carbocycles. The van der Waals surface area contributed by atoms with Gasteiger partial charge in [-0.3, -0.25) is 9.67 Å². The Morgan fingerprint density at radius 1 is 1.15 bits per heavy atom. The van der Waals surface area contributed by atoms with Crippen molar-refractivity contribution in [3.05, 3.63) is 82.8 Å². The maximum absolute atomic E-state index is 9.62. The maximum atomic E-state index is 9.62. The number of hydrogen-bond donors (Lipinski definition) is 3. The third-order valence-electron chi connectivity index (χ3n) is 4.13. The lowest BCUT2D eigenvalue weighted by atomic mass is 10.0. The molecule has 0 spiro atoms. The third kappa shape index (κ3) is 3.32. The summed E-state index contributed by atoms with van der Waals surface area (Å²) < 4.78 is 2.38. The number of rotatable bonds is 4. The smallest absolute Gasteiger partial charge is 0.200 e. The summed E-state index contributed by atoms with van der Waals surface area (Å²) in [6.45, 7) is 3.96. The average Bonchev–Trinajstić information content (AvgIpc) is 3.01. The highest BCUT2D eigenvalue weighted by Gasteiger charge is 2.13. The van der Waals surface area contributed by atoms with Crippen molar-refractivity contribution in [1.29, 1.82) is 0 Å². The SMILES string of the molecule is C\C(=C/C=C(O)\C=C\O)c1n[nH]c(=S)n1-c1cccc2c(C)cccc12. The van der Waals surface area contributed by atoms with E-state index in [1.165, 1.54) is 17.7 Å². The van der Waals surface area contributed by atoms with Crippen LogP contribution in [0.1, 0.15) is 18.3 Å². The van der Waals surface area contributed by atoms with Gasteiger partial charge in [-0.05, 0) is 54.7 Å². The molecular formula is C20H19N3O2S.